The van der Waals surface area contributed by atoms with E-state index in [-0.39, 0.29) is 35.4 Å². The first kappa shape index (κ1) is 68.4. The molecule has 6 amide bonds. The van der Waals surface area contributed by atoms with Gasteiger partial charge in [0, 0.05) is 181 Å². The Kier molecular flexibility index (Phi) is 22.9. The average molecular weight is 1430 g/mol. The highest BCUT2D eigenvalue weighted by molar-refractivity contribution is 8.76. The summed E-state index contributed by atoms with van der Waals surface area (Å²) in [7, 11) is 5.71. The van der Waals surface area contributed by atoms with Crippen molar-refractivity contribution in [2.75, 3.05) is 39.3 Å². The second-order valence-corrected chi connectivity index (χ2v) is 26.7. The standard InChI is InChI=1S/C69H62N18O6S6/c88-58(46-4-16-52(17-5-46)82-40-34-76-64(82)94)70-28-1-30-72-60(90)48-8-20-54(21-9-48)84-42-36-78-66(84)96-98-68-80-38-44-86(68)56-24-12-50(13-25-56)62(92)74-32-3-33-75-63(93)51-14-26-57(27-15-51)87-45-39-81-69(87)99-97-67-79-37-43-85(67)55-22-10-49(11-23-55)61(91)73-31-2-29-71-59(89)47-6-18-53(19-7-47)83-41-35-77-65(83)95/h4-27,34-45H,1-3,28-33H2,(H,70,88)(H,71,89)(H,72,90)(H,73,91)(H,74,92)(H,75,93)(H,76,94)(H,77,95). The molecule has 6 N–H and O–H groups in total. The Morgan fingerprint density at radius 3 is 0.616 bits per heavy atom. The summed E-state index contributed by atoms with van der Waals surface area (Å²) < 4.78 is 11.3. The third-order valence-corrected chi connectivity index (χ3v) is 20.2. The van der Waals surface area contributed by atoms with E-state index in [1.54, 1.807) is 122 Å². The summed E-state index contributed by atoms with van der Waals surface area (Å²) in [6, 6.07) is 43.2. The molecule has 12 aromatic rings. The molecular formula is C69H62N18O6S6. The molecule has 0 fully saturated rings. The van der Waals surface area contributed by atoms with Crippen molar-refractivity contribution in [3.63, 3.8) is 0 Å². The molecular weight excluding hydrogens is 1370 g/mol. The Bertz CT molecular complexity index is 4460. The van der Waals surface area contributed by atoms with E-state index >= 15 is 0 Å². The Labute approximate surface area is 594 Å². The predicted molar refractivity (Wildman–Crippen MR) is 387 cm³/mol. The molecule has 500 valence electrons. The van der Waals surface area contributed by atoms with Crippen molar-refractivity contribution >= 4 is 104 Å². The summed E-state index contributed by atoms with van der Waals surface area (Å²) in [5.41, 5.74) is 8.00. The van der Waals surface area contributed by atoms with Crippen LogP contribution in [0, 0.1) is 0 Å². The summed E-state index contributed by atoms with van der Waals surface area (Å²) >= 11 is 8.68. The van der Waals surface area contributed by atoms with Gasteiger partial charge in [0.1, 0.15) is 0 Å². The molecule has 0 bridgehead atoms. The highest BCUT2D eigenvalue weighted by Crippen LogP contribution is 2.39. The molecule has 0 spiro atoms. The molecule has 6 heterocycles. The molecule has 0 aliphatic rings. The first-order valence-corrected chi connectivity index (χ1v) is 36.2. The van der Waals surface area contributed by atoms with E-state index in [0.717, 1.165) is 34.1 Å². The zero-order valence-electron chi connectivity index (χ0n) is 52.5. The second-order valence-electron chi connectivity index (χ2n) is 21.7. The van der Waals surface area contributed by atoms with Gasteiger partial charge in [0.05, 0.1) is 0 Å². The van der Waals surface area contributed by atoms with Gasteiger partial charge in [-0.05, 0) is 208 Å². The number of carbonyl (C=O) groups is 6. The Hall–Kier alpha value is -10.5. The van der Waals surface area contributed by atoms with Gasteiger partial charge in [-0.25, -0.2) is 29.9 Å². The lowest BCUT2D eigenvalue weighted by molar-refractivity contribution is 0.0935. The fraction of sp³-hybridized carbons (Fsp3) is 0.130. The molecule has 0 radical (unpaired) electrons. The van der Waals surface area contributed by atoms with Crippen LogP contribution in [0.15, 0.2) is 251 Å². The summed E-state index contributed by atoms with van der Waals surface area (Å²) in [5.74, 6) is -1.31. The topological polar surface area (TPSA) is 282 Å². The maximum absolute atomic E-state index is 13.2. The van der Waals surface area contributed by atoms with Gasteiger partial charge in [-0.2, -0.15) is 0 Å². The number of benzene rings is 6. The summed E-state index contributed by atoms with van der Waals surface area (Å²) in [5, 5.41) is 21.4. The fourth-order valence-electron chi connectivity index (χ4n) is 10.1. The monoisotopic (exact) mass is 1430 g/mol. The lowest BCUT2D eigenvalue weighted by Crippen LogP contribution is -2.29. The molecule has 0 saturated heterocycles. The van der Waals surface area contributed by atoms with Crippen molar-refractivity contribution in [1.29, 1.82) is 0 Å². The number of carbonyl (C=O) groups excluding carboxylic acids is 6. The number of hydrogen-bond acceptors (Lipinski definition) is 18. The number of imidazole rings is 6. The normalized spacial score (nSPS) is 11.1. The van der Waals surface area contributed by atoms with E-state index < -0.39 is 0 Å². The summed E-state index contributed by atoms with van der Waals surface area (Å²) in [4.78, 5) is 104. The van der Waals surface area contributed by atoms with Crippen molar-refractivity contribution in [3.05, 3.63) is 253 Å². The van der Waals surface area contributed by atoms with Gasteiger partial charge in [-0.3, -0.25) is 56.2 Å². The minimum atomic E-state index is -0.237. The van der Waals surface area contributed by atoms with Crippen molar-refractivity contribution in [2.24, 2.45) is 0 Å². The molecule has 99 heavy (non-hydrogen) atoms. The minimum Gasteiger partial charge on any atom is -0.352 e. The number of hydrogen-bond donors (Lipinski definition) is 8. The van der Waals surface area contributed by atoms with Crippen LogP contribution in [0.5, 0.6) is 0 Å². The van der Waals surface area contributed by atoms with Gasteiger partial charge < -0.3 is 31.9 Å². The summed E-state index contributed by atoms with van der Waals surface area (Å²) in [6.07, 6.45) is 22.7. The molecule has 0 unspecified atom stereocenters. The van der Waals surface area contributed by atoms with Gasteiger partial charge in [0.2, 0.25) is 0 Å². The van der Waals surface area contributed by atoms with E-state index in [0.29, 0.717) is 123 Å². The quantitative estimate of drug-likeness (QED) is 0.0118. The highest BCUT2D eigenvalue weighted by Gasteiger charge is 2.18. The number of rotatable bonds is 30. The lowest BCUT2D eigenvalue weighted by atomic mass is 10.2. The van der Waals surface area contributed by atoms with Crippen LogP contribution in [-0.4, -0.2) is 132 Å². The first-order valence-electron chi connectivity index (χ1n) is 31.0. The third kappa shape index (κ3) is 17.4. The van der Waals surface area contributed by atoms with Crippen LogP contribution in [0.2, 0.25) is 0 Å². The molecule has 6 aromatic heterocycles. The predicted octanol–water partition coefficient (Wildman–Crippen LogP) is 10.6. The number of nitrogens with zero attached hydrogens (tertiary/aromatic N) is 12. The van der Waals surface area contributed by atoms with Gasteiger partial charge in [0.15, 0.2) is 30.9 Å². The van der Waals surface area contributed by atoms with Gasteiger partial charge in [0.25, 0.3) is 35.4 Å². The van der Waals surface area contributed by atoms with Crippen LogP contribution < -0.4 is 31.9 Å². The van der Waals surface area contributed by atoms with Crippen LogP contribution in [0.3, 0.4) is 0 Å². The maximum Gasteiger partial charge on any atom is 0.251 e. The molecule has 0 atom stereocenters. The fourth-order valence-corrected chi connectivity index (χ4v) is 14.6. The lowest BCUT2D eigenvalue weighted by Gasteiger charge is -2.11. The molecule has 24 nitrogen and oxygen atoms in total. The average Bonchev–Trinajstić information content (AvgIpc) is 1.77. The van der Waals surface area contributed by atoms with Crippen molar-refractivity contribution in [2.45, 2.75) is 50.2 Å². The number of aromatic nitrogens is 12. The van der Waals surface area contributed by atoms with Gasteiger partial charge >= 0.3 is 0 Å². The highest BCUT2D eigenvalue weighted by atomic mass is 33.1. The first-order chi connectivity index (χ1) is 48.4. The number of thiol groups is 2. The molecule has 0 saturated carbocycles. The molecule has 6 aromatic carbocycles. The van der Waals surface area contributed by atoms with E-state index in [1.165, 1.54) is 43.2 Å². The smallest absolute Gasteiger partial charge is 0.251 e. The van der Waals surface area contributed by atoms with E-state index in [4.69, 9.17) is 0 Å². The van der Waals surface area contributed by atoms with Gasteiger partial charge in [-0.15, -0.1) is 25.3 Å². The number of amides is 6. The molecule has 0 aliphatic heterocycles. The SMILES string of the molecule is O=C(NCCCNC(=O)c1ccc(-n2ccnc2SSc2nccn2-c2ccc(C(=O)NCCCNC(=O)c3ccc(-n4ccnc4SSc4nccn4-c4ccc(C(=O)NCCCNC(=O)c5ccc(-n6ccnc6S)cc5)cc4)cc3)cc2)cc1)c1ccc(-n2ccnc2S)cc1. The van der Waals surface area contributed by atoms with Crippen molar-refractivity contribution in [1.82, 2.24) is 89.2 Å². The van der Waals surface area contributed by atoms with E-state index in [9.17, 15) is 28.8 Å². The largest absolute Gasteiger partial charge is 0.352 e. The van der Waals surface area contributed by atoms with Crippen LogP contribution in [0.1, 0.15) is 81.4 Å². The second kappa shape index (κ2) is 33.2. The summed E-state index contributed by atoms with van der Waals surface area (Å²) in [6.45, 7) is 2.26. The Balaban J connectivity index is 0.527. The molecule has 0 aliphatic carbocycles. The Morgan fingerprint density at radius 2 is 0.434 bits per heavy atom. The maximum atomic E-state index is 13.2. The van der Waals surface area contributed by atoms with Crippen LogP contribution >= 0.6 is 68.4 Å². The van der Waals surface area contributed by atoms with E-state index in [1.807, 2.05) is 125 Å². The molecule has 30 heteroatoms. The molecule has 12 rings (SSSR count). The Morgan fingerprint density at radius 1 is 0.263 bits per heavy atom. The van der Waals surface area contributed by atoms with Crippen molar-refractivity contribution < 1.29 is 28.8 Å². The number of nitrogens with one attached hydrogen (secondary N) is 6. The third-order valence-electron chi connectivity index (χ3n) is 15.3. The minimum absolute atomic E-state index is 0.200. The van der Waals surface area contributed by atoms with E-state index in [2.05, 4.69) is 87.1 Å². The van der Waals surface area contributed by atoms with Crippen LogP contribution in [0.25, 0.3) is 34.1 Å². The van der Waals surface area contributed by atoms with Gasteiger partial charge in [-0.1, -0.05) is 0 Å². The van der Waals surface area contributed by atoms with Crippen LogP contribution in [-0.2, 0) is 0 Å². The van der Waals surface area contributed by atoms with Crippen molar-refractivity contribution in [3.8, 4) is 34.1 Å². The zero-order valence-corrected chi connectivity index (χ0v) is 57.5. The van der Waals surface area contributed by atoms with Crippen LogP contribution in [0.4, 0.5) is 0 Å². The zero-order chi connectivity index (χ0) is 68.5.